The summed E-state index contributed by atoms with van der Waals surface area (Å²) in [4.78, 5) is 82.2. The highest BCUT2D eigenvalue weighted by molar-refractivity contribution is 7.52. The van der Waals surface area contributed by atoms with E-state index in [-0.39, 0.29) is 24.0 Å². The van der Waals surface area contributed by atoms with Crippen LogP contribution in [0.1, 0.15) is 105 Å². The second kappa shape index (κ2) is 23.9. The first-order valence-corrected chi connectivity index (χ1v) is 19.0. The molecule has 46 heavy (non-hydrogen) atoms. The monoisotopic (exact) mass is 700 g/mol. The standard InChI is InChI=1S/C17H31O7P.C13H23O7P/c1-4-5-6-7-8-9-10-11-15(24-17(20)13(2)3)14(16(18)19)12-25(21,22)23;1-4-5-6-7-11(20-13(16)9(2)3)10(12(14)15)8-21(17,18)19/h14-15H,2,4-12H2,1,3H3,(H,18,19)(H2,21,22,23);10-11H,2,4-8H2,1,3H3,(H,14,15)(H2,17,18,19). The molecular formula is C30H54O14P2. The summed E-state index contributed by atoms with van der Waals surface area (Å²) in [6, 6.07) is 0. The van der Waals surface area contributed by atoms with E-state index in [1.54, 1.807) is 0 Å². The number of carbonyl (C=O) groups is 4. The Bertz CT molecular complexity index is 1080. The maximum Gasteiger partial charge on any atom is 0.333 e. The molecule has 6 N–H and O–H groups in total. The Hall–Kier alpha value is -2.34. The van der Waals surface area contributed by atoms with Crippen molar-refractivity contribution in [2.24, 2.45) is 11.8 Å². The lowest BCUT2D eigenvalue weighted by atomic mass is 9.98. The van der Waals surface area contributed by atoms with Crippen molar-refractivity contribution >= 4 is 39.1 Å². The van der Waals surface area contributed by atoms with Gasteiger partial charge in [0.15, 0.2) is 0 Å². The van der Waals surface area contributed by atoms with Gasteiger partial charge in [-0.2, -0.15) is 0 Å². The fourth-order valence-corrected chi connectivity index (χ4v) is 6.09. The lowest BCUT2D eigenvalue weighted by Gasteiger charge is -2.24. The number of ether oxygens (including phenoxy) is 2. The van der Waals surface area contributed by atoms with Crippen LogP contribution in [-0.2, 0) is 37.8 Å². The zero-order chi connectivity index (χ0) is 36.1. The highest BCUT2D eigenvalue weighted by Gasteiger charge is 2.37. The molecule has 0 spiro atoms. The maximum absolute atomic E-state index is 11.7. The van der Waals surface area contributed by atoms with Gasteiger partial charge in [0.1, 0.15) is 24.0 Å². The van der Waals surface area contributed by atoms with Crippen molar-refractivity contribution in [2.45, 2.75) is 117 Å². The Labute approximate surface area is 272 Å². The number of carboxylic acid groups (broad SMARTS) is 2. The molecule has 0 saturated carbocycles. The summed E-state index contributed by atoms with van der Waals surface area (Å²) in [6.07, 6.45) is 5.99. The first-order chi connectivity index (χ1) is 21.2. The quantitative estimate of drug-likeness (QED) is 0.0319. The molecule has 0 heterocycles. The molecule has 0 fully saturated rings. The van der Waals surface area contributed by atoms with Crippen LogP contribution in [0.3, 0.4) is 0 Å². The van der Waals surface area contributed by atoms with Crippen molar-refractivity contribution in [3.8, 4) is 0 Å². The van der Waals surface area contributed by atoms with Gasteiger partial charge in [-0.15, -0.1) is 0 Å². The molecule has 0 amide bonds. The van der Waals surface area contributed by atoms with Crippen molar-refractivity contribution in [1.82, 2.24) is 0 Å². The molecule has 4 atom stereocenters. The third-order valence-corrected chi connectivity index (χ3v) is 8.54. The summed E-state index contributed by atoms with van der Waals surface area (Å²) < 4.78 is 32.5. The SMILES string of the molecule is C=C(C)C(=O)OC(CCCCC)C(CP(=O)(O)O)C(=O)O.C=C(C)C(=O)OC(CCCCCCCCC)C(CP(=O)(O)O)C(=O)O. The Balaban J connectivity index is 0. The van der Waals surface area contributed by atoms with E-state index in [0.29, 0.717) is 12.8 Å². The Morgan fingerprint density at radius 3 is 1.15 bits per heavy atom. The lowest BCUT2D eigenvalue weighted by molar-refractivity contribution is -0.157. The molecule has 0 aromatic heterocycles. The molecule has 0 aliphatic carbocycles. The average molecular weight is 701 g/mol. The van der Waals surface area contributed by atoms with Crippen molar-refractivity contribution in [3.63, 3.8) is 0 Å². The van der Waals surface area contributed by atoms with Gasteiger partial charge in [0, 0.05) is 11.1 Å². The summed E-state index contributed by atoms with van der Waals surface area (Å²) in [5.41, 5.74) is 0.223. The van der Waals surface area contributed by atoms with E-state index in [2.05, 4.69) is 20.1 Å². The zero-order valence-corrected chi connectivity index (χ0v) is 29.3. The third-order valence-electron chi connectivity index (χ3n) is 6.80. The largest absolute Gasteiger partial charge is 0.481 e. The lowest BCUT2D eigenvalue weighted by Crippen LogP contribution is -2.35. The van der Waals surface area contributed by atoms with Crippen LogP contribution in [0, 0.1) is 11.8 Å². The number of unbranched alkanes of at least 4 members (excludes halogenated alkanes) is 8. The molecule has 0 aromatic carbocycles. The molecule has 0 radical (unpaired) electrons. The zero-order valence-electron chi connectivity index (χ0n) is 27.5. The van der Waals surface area contributed by atoms with Crippen LogP contribution in [-0.4, -0.2) is 78.2 Å². The maximum atomic E-state index is 11.7. The van der Waals surface area contributed by atoms with Crippen LogP contribution in [0.5, 0.6) is 0 Å². The van der Waals surface area contributed by atoms with Gasteiger partial charge >= 0.3 is 39.1 Å². The molecule has 4 unspecified atom stereocenters. The van der Waals surface area contributed by atoms with Gasteiger partial charge in [0.25, 0.3) is 0 Å². The van der Waals surface area contributed by atoms with Gasteiger partial charge in [0.05, 0.1) is 12.3 Å². The first kappa shape index (κ1) is 45.8. The summed E-state index contributed by atoms with van der Waals surface area (Å²) in [7, 11) is -9.08. The van der Waals surface area contributed by atoms with Crippen molar-refractivity contribution < 1.29 is 67.6 Å². The predicted octanol–water partition coefficient (Wildman–Crippen LogP) is 5.43. The fraction of sp³-hybridized carbons (Fsp3) is 0.733. The predicted molar refractivity (Wildman–Crippen MR) is 172 cm³/mol. The van der Waals surface area contributed by atoms with E-state index in [4.69, 9.17) is 34.2 Å². The van der Waals surface area contributed by atoms with Crippen LogP contribution in [0.15, 0.2) is 24.3 Å². The van der Waals surface area contributed by atoms with E-state index >= 15 is 0 Å². The number of carboxylic acids is 2. The normalized spacial score (nSPS) is 14.1. The molecule has 14 nitrogen and oxygen atoms in total. The molecule has 0 aromatic rings. The third kappa shape index (κ3) is 23.9. The minimum atomic E-state index is -4.55. The van der Waals surface area contributed by atoms with E-state index in [1.165, 1.54) is 20.3 Å². The smallest absolute Gasteiger partial charge is 0.333 e. The highest BCUT2D eigenvalue weighted by Crippen LogP contribution is 2.40. The minimum absolute atomic E-state index is 0.107. The molecule has 0 aliphatic heterocycles. The van der Waals surface area contributed by atoms with Crippen molar-refractivity contribution in [1.29, 1.82) is 0 Å². The van der Waals surface area contributed by atoms with E-state index in [9.17, 15) is 33.4 Å². The molecular weight excluding hydrogens is 646 g/mol. The van der Waals surface area contributed by atoms with Gasteiger partial charge in [0.2, 0.25) is 0 Å². The van der Waals surface area contributed by atoms with Crippen LogP contribution in [0.25, 0.3) is 0 Å². The van der Waals surface area contributed by atoms with E-state index in [0.717, 1.165) is 44.9 Å². The second-order valence-corrected chi connectivity index (χ2v) is 14.8. The van der Waals surface area contributed by atoms with Crippen LogP contribution >= 0.6 is 15.2 Å². The number of carbonyl (C=O) groups excluding carboxylic acids is 2. The topological polar surface area (TPSA) is 242 Å². The van der Waals surface area contributed by atoms with Gasteiger partial charge < -0.3 is 39.3 Å². The molecule has 0 aliphatic rings. The molecule has 268 valence electrons. The van der Waals surface area contributed by atoms with Crippen molar-refractivity contribution in [2.75, 3.05) is 12.3 Å². The number of aliphatic carboxylic acids is 2. The number of hydrogen-bond donors (Lipinski definition) is 6. The van der Waals surface area contributed by atoms with Crippen LogP contribution < -0.4 is 0 Å². The van der Waals surface area contributed by atoms with Gasteiger partial charge in [-0.25, -0.2) is 9.59 Å². The van der Waals surface area contributed by atoms with Gasteiger partial charge in [-0.05, 0) is 39.5 Å². The second-order valence-electron chi connectivity index (χ2n) is 11.4. The van der Waals surface area contributed by atoms with E-state index in [1.807, 2.05) is 6.92 Å². The Kier molecular flexibility index (Phi) is 23.8. The van der Waals surface area contributed by atoms with Crippen LogP contribution in [0.4, 0.5) is 0 Å². The molecule has 0 rings (SSSR count). The van der Waals surface area contributed by atoms with E-state index < -0.39 is 75.4 Å². The average Bonchev–Trinajstić information content (AvgIpc) is 2.92. The summed E-state index contributed by atoms with van der Waals surface area (Å²) in [5, 5.41) is 18.5. The molecule has 0 saturated heterocycles. The van der Waals surface area contributed by atoms with Crippen molar-refractivity contribution in [3.05, 3.63) is 24.3 Å². The fourth-order valence-electron chi connectivity index (χ4n) is 4.28. The van der Waals surface area contributed by atoms with Gasteiger partial charge in [-0.1, -0.05) is 78.4 Å². The summed E-state index contributed by atoms with van der Waals surface area (Å²) in [6.45, 7) is 13.8. The number of esters is 2. The summed E-state index contributed by atoms with van der Waals surface area (Å²) in [5.74, 6) is -7.16. The summed E-state index contributed by atoms with van der Waals surface area (Å²) >= 11 is 0. The number of hydrogen-bond acceptors (Lipinski definition) is 8. The minimum Gasteiger partial charge on any atom is -0.481 e. The Morgan fingerprint density at radius 2 is 0.870 bits per heavy atom. The van der Waals surface area contributed by atoms with Gasteiger partial charge in [-0.3, -0.25) is 18.7 Å². The van der Waals surface area contributed by atoms with Crippen LogP contribution in [0.2, 0.25) is 0 Å². The highest BCUT2D eigenvalue weighted by atomic mass is 31.2. The first-order valence-electron chi connectivity index (χ1n) is 15.4. The molecule has 16 heteroatoms. The number of rotatable bonds is 24. The Morgan fingerprint density at radius 1 is 0.587 bits per heavy atom. The molecule has 0 bridgehead atoms.